The zero-order valence-corrected chi connectivity index (χ0v) is 13.5. The fraction of sp³-hybridized carbons (Fsp3) is 1.00. The molecule has 3 fully saturated rings. The van der Waals surface area contributed by atoms with Crippen LogP contribution in [-0.2, 0) is 14.2 Å². The van der Waals surface area contributed by atoms with Gasteiger partial charge in [-0.1, -0.05) is 13.8 Å². The van der Waals surface area contributed by atoms with Gasteiger partial charge in [0.2, 0.25) is 0 Å². The van der Waals surface area contributed by atoms with Crippen LogP contribution in [0.15, 0.2) is 0 Å². The average molecular weight is 298 g/mol. The van der Waals surface area contributed by atoms with Gasteiger partial charge in [-0.25, -0.2) is 0 Å². The Kier molecular flexibility index (Phi) is 5.17. The van der Waals surface area contributed by atoms with Gasteiger partial charge in [-0.3, -0.25) is 4.90 Å². The summed E-state index contributed by atoms with van der Waals surface area (Å²) in [5.41, 5.74) is 0. The van der Waals surface area contributed by atoms with E-state index < -0.39 is 0 Å². The molecule has 0 bridgehead atoms. The Morgan fingerprint density at radius 2 is 2.00 bits per heavy atom. The van der Waals surface area contributed by atoms with Gasteiger partial charge in [0.15, 0.2) is 5.79 Å². The van der Waals surface area contributed by atoms with Crippen molar-refractivity contribution in [1.82, 2.24) is 10.2 Å². The molecule has 0 aromatic rings. The maximum atomic E-state index is 5.97. The minimum Gasteiger partial charge on any atom is -0.376 e. The average Bonchev–Trinajstić information content (AvgIpc) is 2.98. The molecule has 5 nitrogen and oxygen atoms in total. The van der Waals surface area contributed by atoms with Gasteiger partial charge >= 0.3 is 0 Å². The minimum atomic E-state index is -0.309. The van der Waals surface area contributed by atoms with E-state index in [2.05, 4.69) is 24.1 Å². The van der Waals surface area contributed by atoms with E-state index in [0.29, 0.717) is 18.2 Å². The van der Waals surface area contributed by atoms with Crippen LogP contribution in [0.2, 0.25) is 0 Å². The molecule has 0 radical (unpaired) electrons. The van der Waals surface area contributed by atoms with E-state index in [1.165, 1.54) is 0 Å². The Hall–Kier alpha value is -0.200. The molecule has 1 saturated carbocycles. The highest BCUT2D eigenvalue weighted by Gasteiger charge is 2.47. The molecule has 21 heavy (non-hydrogen) atoms. The zero-order valence-electron chi connectivity index (χ0n) is 13.5. The highest BCUT2D eigenvalue weighted by Crippen LogP contribution is 2.38. The van der Waals surface area contributed by atoms with Crippen molar-refractivity contribution < 1.29 is 14.2 Å². The van der Waals surface area contributed by atoms with Crippen LogP contribution in [0, 0.1) is 0 Å². The minimum absolute atomic E-state index is 0.309. The van der Waals surface area contributed by atoms with Crippen LogP contribution < -0.4 is 5.32 Å². The van der Waals surface area contributed by atoms with E-state index in [1.54, 1.807) is 0 Å². The van der Waals surface area contributed by atoms with Gasteiger partial charge < -0.3 is 19.5 Å². The number of hydrogen-bond donors (Lipinski definition) is 1. The van der Waals surface area contributed by atoms with Crippen molar-refractivity contribution in [3.05, 3.63) is 0 Å². The van der Waals surface area contributed by atoms with Crippen LogP contribution >= 0.6 is 0 Å². The molecule has 2 saturated heterocycles. The summed E-state index contributed by atoms with van der Waals surface area (Å²) in [5.74, 6) is -0.309. The summed E-state index contributed by atoms with van der Waals surface area (Å²) < 4.78 is 17.8. The largest absolute Gasteiger partial charge is 0.376 e. The van der Waals surface area contributed by atoms with Crippen LogP contribution in [0.25, 0.3) is 0 Å². The fourth-order valence-electron chi connectivity index (χ4n) is 4.06. The maximum Gasteiger partial charge on any atom is 0.170 e. The summed E-state index contributed by atoms with van der Waals surface area (Å²) in [4.78, 5) is 2.61. The Morgan fingerprint density at radius 1 is 1.19 bits per heavy atom. The summed E-state index contributed by atoms with van der Waals surface area (Å²) in [6.45, 7) is 9.84. The lowest BCUT2D eigenvalue weighted by atomic mass is 9.84. The monoisotopic (exact) mass is 298 g/mol. The third-order valence-corrected chi connectivity index (χ3v) is 5.20. The third-order valence-electron chi connectivity index (χ3n) is 5.20. The topological polar surface area (TPSA) is 43.0 Å². The van der Waals surface area contributed by atoms with E-state index in [4.69, 9.17) is 14.2 Å². The highest BCUT2D eigenvalue weighted by atomic mass is 16.7. The van der Waals surface area contributed by atoms with E-state index in [9.17, 15) is 0 Å². The van der Waals surface area contributed by atoms with Crippen molar-refractivity contribution in [2.45, 2.75) is 63.5 Å². The van der Waals surface area contributed by atoms with Crippen molar-refractivity contribution in [3.8, 4) is 0 Å². The Balaban J connectivity index is 1.70. The Labute approximate surface area is 128 Å². The first-order chi connectivity index (χ1) is 10.3. The number of nitrogens with zero attached hydrogens (tertiary/aromatic N) is 1. The molecule has 2 heterocycles. The smallest absolute Gasteiger partial charge is 0.170 e. The zero-order chi connectivity index (χ0) is 14.7. The summed E-state index contributed by atoms with van der Waals surface area (Å²) in [5, 5.41) is 3.68. The van der Waals surface area contributed by atoms with Crippen LogP contribution in [0.3, 0.4) is 0 Å². The van der Waals surface area contributed by atoms with E-state index in [0.717, 1.165) is 65.1 Å². The molecule has 0 aromatic carbocycles. The first kappa shape index (κ1) is 15.7. The number of likely N-dealkylation sites (N-methyl/N-ethyl adjacent to an activating group) is 1. The molecule has 3 unspecified atom stereocenters. The number of nitrogens with one attached hydrogen (secondary N) is 1. The predicted octanol–water partition coefficient (Wildman–Crippen LogP) is 1.37. The second-order valence-electron chi connectivity index (χ2n) is 6.48. The van der Waals surface area contributed by atoms with Gasteiger partial charge in [0.25, 0.3) is 0 Å². The molecular formula is C16H30N2O3. The van der Waals surface area contributed by atoms with Crippen molar-refractivity contribution in [2.75, 3.05) is 39.5 Å². The van der Waals surface area contributed by atoms with Gasteiger partial charge in [-0.05, 0) is 19.4 Å². The molecule has 3 aliphatic rings. The Morgan fingerprint density at radius 3 is 2.71 bits per heavy atom. The van der Waals surface area contributed by atoms with Gasteiger partial charge in [0.1, 0.15) is 0 Å². The second-order valence-corrected chi connectivity index (χ2v) is 6.48. The van der Waals surface area contributed by atoms with Gasteiger partial charge in [0.05, 0.1) is 25.9 Å². The summed E-state index contributed by atoms with van der Waals surface area (Å²) in [7, 11) is 0. The lowest BCUT2D eigenvalue weighted by Gasteiger charge is -2.48. The van der Waals surface area contributed by atoms with Crippen molar-refractivity contribution >= 4 is 0 Å². The third kappa shape index (κ3) is 3.42. The van der Waals surface area contributed by atoms with Crippen molar-refractivity contribution in [2.24, 2.45) is 0 Å². The summed E-state index contributed by atoms with van der Waals surface area (Å²) in [6, 6.07) is 1.04. The fourth-order valence-corrected chi connectivity index (χ4v) is 4.06. The number of morpholine rings is 1. The van der Waals surface area contributed by atoms with Crippen LogP contribution in [0.1, 0.15) is 39.5 Å². The van der Waals surface area contributed by atoms with E-state index >= 15 is 0 Å². The lowest BCUT2D eigenvalue weighted by molar-refractivity contribution is -0.198. The van der Waals surface area contributed by atoms with Gasteiger partial charge in [0, 0.05) is 38.0 Å². The first-order valence-corrected chi connectivity index (χ1v) is 8.63. The number of rotatable bonds is 4. The molecule has 2 aliphatic heterocycles. The van der Waals surface area contributed by atoms with E-state index in [1.807, 2.05) is 0 Å². The second kappa shape index (κ2) is 6.92. The highest BCUT2D eigenvalue weighted by molar-refractivity contribution is 4.97. The SMILES string of the molecule is CCNC1CCC2(CC1N1CCOC(CC)C1)OCCO2. The molecule has 122 valence electrons. The first-order valence-electron chi connectivity index (χ1n) is 8.63. The Bertz CT molecular complexity index is 333. The number of ether oxygens (including phenoxy) is 3. The molecule has 3 atom stereocenters. The number of hydrogen-bond acceptors (Lipinski definition) is 5. The molecule has 1 aliphatic carbocycles. The maximum absolute atomic E-state index is 5.97. The quantitative estimate of drug-likeness (QED) is 0.849. The standard InChI is InChI=1S/C16H30N2O3/c1-3-13-12-18(7-8-19-13)15-11-16(20-9-10-21-16)6-5-14(15)17-4-2/h13-15,17H,3-12H2,1-2H3. The van der Waals surface area contributed by atoms with Crippen LogP contribution in [0.4, 0.5) is 0 Å². The molecule has 0 amide bonds. The molecular weight excluding hydrogens is 268 g/mol. The molecule has 3 rings (SSSR count). The molecule has 5 heteroatoms. The summed E-state index contributed by atoms with van der Waals surface area (Å²) in [6.07, 6.45) is 4.60. The van der Waals surface area contributed by atoms with Gasteiger partial charge in [-0.15, -0.1) is 0 Å². The van der Waals surface area contributed by atoms with Crippen molar-refractivity contribution in [3.63, 3.8) is 0 Å². The van der Waals surface area contributed by atoms with Crippen LogP contribution in [-0.4, -0.2) is 68.3 Å². The van der Waals surface area contributed by atoms with Gasteiger partial charge in [-0.2, -0.15) is 0 Å². The van der Waals surface area contributed by atoms with Crippen molar-refractivity contribution in [1.29, 1.82) is 0 Å². The normalized spacial score (nSPS) is 37.1. The lowest BCUT2D eigenvalue weighted by Crippen LogP contribution is -2.60. The molecule has 0 aromatic heterocycles. The van der Waals surface area contributed by atoms with E-state index in [-0.39, 0.29) is 5.79 Å². The molecule has 1 N–H and O–H groups in total. The molecule has 1 spiro atoms. The summed E-state index contributed by atoms with van der Waals surface area (Å²) >= 11 is 0. The predicted molar refractivity (Wildman–Crippen MR) is 81.3 cm³/mol. The van der Waals surface area contributed by atoms with Crippen LogP contribution in [0.5, 0.6) is 0 Å².